The number of carbonyl (C=O) groups excluding carboxylic acids is 2. The summed E-state index contributed by atoms with van der Waals surface area (Å²) in [5, 5.41) is 2.87. The van der Waals surface area contributed by atoms with E-state index >= 15 is 0 Å². The van der Waals surface area contributed by atoms with Crippen LogP contribution in [0, 0.1) is 10.8 Å². The van der Waals surface area contributed by atoms with E-state index in [0.717, 1.165) is 19.3 Å². The Kier molecular flexibility index (Phi) is 7.32. The van der Waals surface area contributed by atoms with Crippen LogP contribution in [0.4, 0.5) is 0 Å². The van der Waals surface area contributed by atoms with Gasteiger partial charge in [0.1, 0.15) is 5.78 Å². The van der Waals surface area contributed by atoms with Gasteiger partial charge in [-0.1, -0.05) is 41.5 Å². The molecule has 0 unspecified atom stereocenters. The van der Waals surface area contributed by atoms with Gasteiger partial charge in [-0.15, -0.1) is 0 Å². The molecule has 0 aromatic rings. The van der Waals surface area contributed by atoms with Gasteiger partial charge in [0.15, 0.2) is 0 Å². The van der Waals surface area contributed by atoms with E-state index in [9.17, 15) is 9.59 Å². The van der Waals surface area contributed by atoms with Gasteiger partial charge in [0.05, 0.1) is 0 Å². The van der Waals surface area contributed by atoms with Gasteiger partial charge in [0.25, 0.3) is 0 Å². The number of hydrogen-bond acceptors (Lipinski definition) is 2. The van der Waals surface area contributed by atoms with Crippen LogP contribution >= 0.6 is 0 Å². The molecule has 0 fully saturated rings. The standard InChI is InChI=1S/C16H31NO2/c1-15(2,3)11-7-9-13(18)10-8-12-17-14(19)16(4,5)6/h7-12H2,1-6H3,(H,17,19). The number of nitrogens with one attached hydrogen (secondary N) is 1. The average Bonchev–Trinajstić information content (AvgIpc) is 2.20. The summed E-state index contributed by atoms with van der Waals surface area (Å²) in [6.45, 7) is 12.8. The van der Waals surface area contributed by atoms with E-state index in [4.69, 9.17) is 0 Å². The van der Waals surface area contributed by atoms with Crippen molar-refractivity contribution in [2.75, 3.05) is 6.54 Å². The van der Waals surface area contributed by atoms with E-state index in [-0.39, 0.29) is 11.3 Å². The zero-order valence-corrected chi connectivity index (χ0v) is 13.6. The Labute approximate surface area is 118 Å². The Morgan fingerprint density at radius 2 is 1.42 bits per heavy atom. The van der Waals surface area contributed by atoms with Gasteiger partial charge < -0.3 is 5.32 Å². The number of hydrogen-bond donors (Lipinski definition) is 1. The fourth-order valence-electron chi connectivity index (χ4n) is 1.69. The van der Waals surface area contributed by atoms with Crippen molar-refractivity contribution in [1.82, 2.24) is 5.32 Å². The Balaban J connectivity index is 3.63. The minimum absolute atomic E-state index is 0.0488. The third kappa shape index (κ3) is 10.7. The second kappa shape index (κ2) is 7.66. The number of ketones is 1. The molecular formula is C16H31NO2. The molecule has 0 aliphatic rings. The normalized spacial score (nSPS) is 12.3. The molecule has 1 amide bonds. The minimum Gasteiger partial charge on any atom is -0.356 e. The SMILES string of the molecule is CC(C)(C)CCCC(=O)CCCNC(=O)C(C)(C)C. The molecule has 0 saturated carbocycles. The first-order chi connectivity index (χ1) is 8.52. The lowest BCUT2D eigenvalue weighted by Crippen LogP contribution is -2.35. The summed E-state index contributed by atoms with van der Waals surface area (Å²) in [5.74, 6) is 0.363. The molecule has 112 valence electrons. The maximum Gasteiger partial charge on any atom is 0.225 e. The second-order valence-corrected chi connectivity index (χ2v) is 7.56. The van der Waals surface area contributed by atoms with Crippen LogP contribution in [0.1, 0.15) is 73.6 Å². The van der Waals surface area contributed by atoms with E-state index in [2.05, 4.69) is 26.1 Å². The number of Topliss-reactive ketones (excluding diaryl/α,β-unsaturated/α-hetero) is 1. The smallest absolute Gasteiger partial charge is 0.225 e. The molecule has 0 heterocycles. The van der Waals surface area contributed by atoms with E-state index in [1.54, 1.807) is 0 Å². The lowest BCUT2D eigenvalue weighted by Gasteiger charge is -2.18. The summed E-state index contributed by atoms with van der Waals surface area (Å²) < 4.78 is 0. The molecule has 3 heteroatoms. The molecule has 0 aliphatic carbocycles. The zero-order chi connectivity index (χ0) is 15.1. The van der Waals surface area contributed by atoms with Gasteiger partial charge in [-0.2, -0.15) is 0 Å². The summed E-state index contributed by atoms with van der Waals surface area (Å²) in [7, 11) is 0. The predicted molar refractivity (Wildman–Crippen MR) is 80.0 cm³/mol. The Morgan fingerprint density at radius 1 is 0.895 bits per heavy atom. The fourth-order valence-corrected chi connectivity index (χ4v) is 1.69. The predicted octanol–water partition coefficient (Wildman–Crippen LogP) is 3.71. The zero-order valence-electron chi connectivity index (χ0n) is 13.6. The maximum absolute atomic E-state index is 11.7. The van der Waals surface area contributed by atoms with Crippen molar-refractivity contribution in [3.05, 3.63) is 0 Å². The molecule has 0 aromatic heterocycles. The maximum atomic E-state index is 11.7. The highest BCUT2D eigenvalue weighted by Gasteiger charge is 2.20. The van der Waals surface area contributed by atoms with Crippen molar-refractivity contribution >= 4 is 11.7 Å². The van der Waals surface area contributed by atoms with Crippen LogP contribution in [0.15, 0.2) is 0 Å². The number of carbonyl (C=O) groups is 2. The second-order valence-electron chi connectivity index (χ2n) is 7.56. The van der Waals surface area contributed by atoms with Crippen LogP contribution in [0.5, 0.6) is 0 Å². The molecule has 0 saturated heterocycles. The molecule has 0 rings (SSSR count). The molecule has 0 aromatic carbocycles. The number of amides is 1. The van der Waals surface area contributed by atoms with Crippen molar-refractivity contribution in [2.24, 2.45) is 10.8 Å². The quantitative estimate of drug-likeness (QED) is 0.716. The minimum atomic E-state index is -0.350. The summed E-state index contributed by atoms with van der Waals surface area (Å²) >= 11 is 0. The lowest BCUT2D eigenvalue weighted by molar-refractivity contribution is -0.128. The summed E-state index contributed by atoms with van der Waals surface area (Å²) in [6.07, 6.45) is 4.05. The number of rotatable bonds is 7. The van der Waals surface area contributed by atoms with E-state index in [0.29, 0.717) is 30.6 Å². The van der Waals surface area contributed by atoms with Crippen molar-refractivity contribution in [1.29, 1.82) is 0 Å². The highest BCUT2D eigenvalue weighted by Crippen LogP contribution is 2.21. The largest absolute Gasteiger partial charge is 0.356 e. The van der Waals surface area contributed by atoms with Crippen LogP contribution in [-0.4, -0.2) is 18.2 Å². The van der Waals surface area contributed by atoms with E-state index < -0.39 is 0 Å². The van der Waals surface area contributed by atoms with Gasteiger partial charge >= 0.3 is 0 Å². The first kappa shape index (κ1) is 18.1. The van der Waals surface area contributed by atoms with Crippen molar-refractivity contribution in [3.63, 3.8) is 0 Å². The van der Waals surface area contributed by atoms with Gasteiger partial charge in [0, 0.05) is 24.8 Å². The molecule has 0 aliphatic heterocycles. The summed E-state index contributed by atoms with van der Waals surface area (Å²) in [4.78, 5) is 23.3. The van der Waals surface area contributed by atoms with Crippen LogP contribution < -0.4 is 5.32 Å². The fraction of sp³-hybridized carbons (Fsp3) is 0.875. The van der Waals surface area contributed by atoms with E-state index in [1.165, 1.54) is 0 Å². The van der Waals surface area contributed by atoms with Crippen molar-refractivity contribution in [3.8, 4) is 0 Å². The third-order valence-corrected chi connectivity index (χ3v) is 2.98. The third-order valence-electron chi connectivity index (χ3n) is 2.98. The van der Waals surface area contributed by atoms with Crippen LogP contribution in [0.25, 0.3) is 0 Å². The van der Waals surface area contributed by atoms with Crippen molar-refractivity contribution < 1.29 is 9.59 Å². The topological polar surface area (TPSA) is 46.2 Å². The monoisotopic (exact) mass is 269 g/mol. The molecule has 0 bridgehead atoms. The van der Waals surface area contributed by atoms with Crippen LogP contribution in [0.3, 0.4) is 0 Å². The van der Waals surface area contributed by atoms with Gasteiger partial charge in [-0.05, 0) is 24.7 Å². The van der Waals surface area contributed by atoms with Crippen molar-refractivity contribution in [2.45, 2.75) is 73.6 Å². The highest BCUT2D eigenvalue weighted by atomic mass is 16.2. The molecule has 0 atom stereocenters. The first-order valence-electron chi connectivity index (χ1n) is 7.32. The van der Waals surface area contributed by atoms with E-state index in [1.807, 2.05) is 20.8 Å². The Morgan fingerprint density at radius 3 is 1.89 bits per heavy atom. The Bertz CT molecular complexity index is 295. The lowest BCUT2D eigenvalue weighted by atomic mass is 9.89. The van der Waals surface area contributed by atoms with Gasteiger partial charge in [-0.25, -0.2) is 0 Å². The molecule has 19 heavy (non-hydrogen) atoms. The average molecular weight is 269 g/mol. The summed E-state index contributed by atoms with van der Waals surface area (Å²) in [5.41, 5.74) is -0.0440. The first-order valence-corrected chi connectivity index (χ1v) is 7.32. The molecule has 1 N–H and O–H groups in total. The molecular weight excluding hydrogens is 238 g/mol. The molecule has 0 spiro atoms. The van der Waals surface area contributed by atoms with Crippen LogP contribution in [0.2, 0.25) is 0 Å². The summed E-state index contributed by atoms with van der Waals surface area (Å²) in [6, 6.07) is 0. The molecule has 0 radical (unpaired) electrons. The highest BCUT2D eigenvalue weighted by molar-refractivity contribution is 5.81. The van der Waals surface area contributed by atoms with Gasteiger partial charge in [0.2, 0.25) is 5.91 Å². The molecule has 3 nitrogen and oxygen atoms in total. The van der Waals surface area contributed by atoms with Crippen LogP contribution in [-0.2, 0) is 9.59 Å². The Hall–Kier alpha value is -0.860. The van der Waals surface area contributed by atoms with Gasteiger partial charge in [-0.3, -0.25) is 9.59 Å².